The first-order valence-electron chi connectivity index (χ1n) is 7.11. The molecule has 1 aromatic carbocycles. The first-order valence-corrected chi connectivity index (χ1v) is 7.11. The molecule has 21 heavy (non-hydrogen) atoms. The van der Waals surface area contributed by atoms with Crippen molar-refractivity contribution in [1.82, 2.24) is 4.98 Å². The highest BCUT2D eigenvalue weighted by Gasteiger charge is 2.05. The van der Waals surface area contributed by atoms with Gasteiger partial charge in [-0.05, 0) is 36.2 Å². The molecule has 0 bridgehead atoms. The number of pyridine rings is 1. The zero-order valence-electron chi connectivity index (χ0n) is 12.6. The van der Waals surface area contributed by atoms with Gasteiger partial charge in [0.2, 0.25) is 0 Å². The third kappa shape index (κ3) is 5.17. The molecule has 0 saturated heterocycles. The maximum atomic E-state index is 5.54. The number of rotatable bonds is 8. The van der Waals surface area contributed by atoms with Gasteiger partial charge in [0.25, 0.3) is 0 Å². The highest BCUT2D eigenvalue weighted by molar-refractivity contribution is 5.47. The number of nitrogens with zero attached hydrogens (tertiary/aromatic N) is 1. The molecule has 0 spiro atoms. The number of ether oxygens (including phenoxy) is 2. The predicted octanol–water partition coefficient (Wildman–Crippen LogP) is 3.42. The van der Waals surface area contributed by atoms with Gasteiger partial charge in [-0.3, -0.25) is 4.98 Å². The van der Waals surface area contributed by atoms with Gasteiger partial charge in [-0.25, -0.2) is 0 Å². The van der Waals surface area contributed by atoms with Crippen molar-refractivity contribution in [3.63, 3.8) is 0 Å². The summed E-state index contributed by atoms with van der Waals surface area (Å²) in [6, 6.07) is 12.5. The molecule has 0 saturated carbocycles. The van der Waals surface area contributed by atoms with Crippen LogP contribution in [0.5, 0.6) is 0 Å². The summed E-state index contributed by atoms with van der Waals surface area (Å²) < 4.78 is 10.5. The summed E-state index contributed by atoms with van der Waals surface area (Å²) in [6.45, 7) is 3.95. The third-order valence-corrected chi connectivity index (χ3v) is 3.20. The van der Waals surface area contributed by atoms with E-state index in [4.69, 9.17) is 9.47 Å². The van der Waals surface area contributed by atoms with Crippen LogP contribution in [-0.2, 0) is 16.1 Å². The van der Waals surface area contributed by atoms with E-state index in [0.29, 0.717) is 19.8 Å². The minimum Gasteiger partial charge on any atom is -0.382 e. The molecule has 1 atom stereocenters. The summed E-state index contributed by atoms with van der Waals surface area (Å²) in [6.07, 6.45) is 3.67. The quantitative estimate of drug-likeness (QED) is 0.755. The zero-order chi connectivity index (χ0) is 14.9. The van der Waals surface area contributed by atoms with Crippen molar-refractivity contribution in [2.24, 2.45) is 0 Å². The Balaban J connectivity index is 1.91. The lowest BCUT2D eigenvalue weighted by Crippen LogP contribution is -2.07. The summed E-state index contributed by atoms with van der Waals surface area (Å²) in [5.74, 6) is 0. The number of methoxy groups -OCH3 is 1. The molecule has 1 heterocycles. The predicted molar refractivity (Wildman–Crippen MR) is 84.2 cm³/mol. The molecule has 0 aliphatic heterocycles. The molecule has 4 heteroatoms. The normalized spacial score (nSPS) is 12.1. The summed E-state index contributed by atoms with van der Waals surface area (Å²) in [5, 5.41) is 3.48. The first-order chi connectivity index (χ1) is 10.3. The fourth-order valence-electron chi connectivity index (χ4n) is 2.05. The van der Waals surface area contributed by atoms with E-state index in [9.17, 15) is 0 Å². The van der Waals surface area contributed by atoms with Gasteiger partial charge in [0.05, 0.1) is 25.9 Å². The Bertz CT molecular complexity index is 531. The van der Waals surface area contributed by atoms with E-state index in [1.54, 1.807) is 13.3 Å². The van der Waals surface area contributed by atoms with Gasteiger partial charge in [-0.1, -0.05) is 18.2 Å². The Morgan fingerprint density at radius 1 is 1.19 bits per heavy atom. The van der Waals surface area contributed by atoms with Crippen LogP contribution in [0, 0.1) is 0 Å². The van der Waals surface area contributed by atoms with Crippen molar-refractivity contribution in [3.8, 4) is 0 Å². The number of nitrogens with one attached hydrogen (secondary N) is 1. The molecule has 1 unspecified atom stereocenters. The van der Waals surface area contributed by atoms with Crippen molar-refractivity contribution in [2.75, 3.05) is 25.6 Å². The number of hydrogen-bond donors (Lipinski definition) is 1. The van der Waals surface area contributed by atoms with Crippen LogP contribution in [0.15, 0.2) is 48.8 Å². The minimum absolute atomic E-state index is 0.211. The molecule has 1 aromatic heterocycles. The fraction of sp³-hybridized carbons (Fsp3) is 0.353. The van der Waals surface area contributed by atoms with Crippen molar-refractivity contribution in [3.05, 3.63) is 59.9 Å². The maximum absolute atomic E-state index is 5.54. The molecule has 0 fully saturated rings. The van der Waals surface area contributed by atoms with Crippen LogP contribution in [0.2, 0.25) is 0 Å². The van der Waals surface area contributed by atoms with E-state index in [-0.39, 0.29) is 6.04 Å². The maximum Gasteiger partial charge on any atom is 0.0718 e. The SMILES string of the molecule is COCCOCc1cccc(NC(C)c2cccnc2)c1. The lowest BCUT2D eigenvalue weighted by Gasteiger charge is -2.16. The molecule has 4 nitrogen and oxygen atoms in total. The molecule has 2 aromatic rings. The van der Waals surface area contributed by atoms with Gasteiger partial charge in [-0.15, -0.1) is 0 Å². The second-order valence-corrected chi connectivity index (χ2v) is 4.90. The molecule has 0 radical (unpaired) electrons. The summed E-state index contributed by atoms with van der Waals surface area (Å²) in [4.78, 5) is 4.15. The van der Waals surface area contributed by atoms with Crippen molar-refractivity contribution < 1.29 is 9.47 Å². The topological polar surface area (TPSA) is 43.4 Å². The van der Waals surface area contributed by atoms with E-state index < -0.39 is 0 Å². The summed E-state index contributed by atoms with van der Waals surface area (Å²) >= 11 is 0. The van der Waals surface area contributed by atoms with E-state index in [0.717, 1.165) is 11.3 Å². The average Bonchev–Trinajstić information content (AvgIpc) is 2.53. The van der Waals surface area contributed by atoms with E-state index in [2.05, 4.69) is 41.5 Å². The fourth-order valence-corrected chi connectivity index (χ4v) is 2.05. The Labute approximate surface area is 126 Å². The number of anilines is 1. The lowest BCUT2D eigenvalue weighted by atomic mass is 10.1. The number of hydrogen-bond acceptors (Lipinski definition) is 4. The van der Waals surface area contributed by atoms with Crippen molar-refractivity contribution in [1.29, 1.82) is 0 Å². The van der Waals surface area contributed by atoms with Crippen LogP contribution >= 0.6 is 0 Å². The van der Waals surface area contributed by atoms with Gasteiger partial charge < -0.3 is 14.8 Å². The van der Waals surface area contributed by atoms with Gasteiger partial charge >= 0.3 is 0 Å². The van der Waals surface area contributed by atoms with Crippen molar-refractivity contribution >= 4 is 5.69 Å². The zero-order valence-corrected chi connectivity index (χ0v) is 12.6. The molecule has 0 amide bonds. The molecule has 0 aliphatic rings. The van der Waals surface area contributed by atoms with Crippen LogP contribution in [0.4, 0.5) is 5.69 Å². The number of aromatic nitrogens is 1. The Morgan fingerprint density at radius 2 is 2.10 bits per heavy atom. The Morgan fingerprint density at radius 3 is 2.86 bits per heavy atom. The standard InChI is InChI=1S/C17H22N2O2/c1-14(16-6-4-8-18-12-16)19-17-7-3-5-15(11-17)13-21-10-9-20-2/h3-8,11-12,14,19H,9-10,13H2,1-2H3. The highest BCUT2D eigenvalue weighted by Crippen LogP contribution is 2.19. The Kier molecular flexibility index (Phi) is 6.19. The molecular weight excluding hydrogens is 264 g/mol. The van der Waals surface area contributed by atoms with Gasteiger partial charge in [0, 0.05) is 25.2 Å². The second-order valence-electron chi connectivity index (χ2n) is 4.90. The average molecular weight is 286 g/mol. The highest BCUT2D eigenvalue weighted by atomic mass is 16.5. The van der Waals surface area contributed by atoms with Crippen LogP contribution in [0.3, 0.4) is 0 Å². The lowest BCUT2D eigenvalue weighted by molar-refractivity contribution is 0.0617. The molecule has 112 valence electrons. The van der Waals surface area contributed by atoms with Gasteiger partial charge in [0.15, 0.2) is 0 Å². The van der Waals surface area contributed by atoms with Crippen LogP contribution < -0.4 is 5.32 Å². The third-order valence-electron chi connectivity index (χ3n) is 3.20. The van der Waals surface area contributed by atoms with E-state index in [1.165, 1.54) is 5.56 Å². The minimum atomic E-state index is 0.211. The first kappa shape index (κ1) is 15.5. The molecular formula is C17H22N2O2. The molecule has 2 rings (SSSR count). The van der Waals surface area contributed by atoms with Gasteiger partial charge in [0.1, 0.15) is 0 Å². The van der Waals surface area contributed by atoms with Gasteiger partial charge in [-0.2, -0.15) is 0 Å². The Hall–Kier alpha value is -1.91. The van der Waals surface area contributed by atoms with Crippen LogP contribution in [0.25, 0.3) is 0 Å². The molecule has 0 aliphatic carbocycles. The largest absolute Gasteiger partial charge is 0.382 e. The molecule has 1 N–H and O–H groups in total. The number of benzene rings is 1. The van der Waals surface area contributed by atoms with Crippen LogP contribution in [-0.4, -0.2) is 25.3 Å². The van der Waals surface area contributed by atoms with Crippen LogP contribution in [0.1, 0.15) is 24.1 Å². The van der Waals surface area contributed by atoms with E-state index in [1.807, 2.05) is 18.3 Å². The summed E-state index contributed by atoms with van der Waals surface area (Å²) in [5.41, 5.74) is 3.40. The summed E-state index contributed by atoms with van der Waals surface area (Å²) in [7, 11) is 1.67. The van der Waals surface area contributed by atoms with E-state index >= 15 is 0 Å². The monoisotopic (exact) mass is 286 g/mol. The second kappa shape index (κ2) is 8.39. The van der Waals surface area contributed by atoms with Crippen molar-refractivity contribution in [2.45, 2.75) is 19.6 Å². The smallest absolute Gasteiger partial charge is 0.0718 e.